The van der Waals surface area contributed by atoms with Crippen molar-refractivity contribution in [1.29, 1.82) is 0 Å². The number of aliphatic carboxylic acids is 4. The molecular formula is C47H90N5O17P. The van der Waals surface area contributed by atoms with Crippen LogP contribution in [0.1, 0.15) is 168 Å². The number of amides is 1. The van der Waals surface area contributed by atoms with Crippen molar-refractivity contribution in [3.05, 3.63) is 0 Å². The first-order chi connectivity index (χ1) is 33.0. The molecule has 0 saturated heterocycles. The molecule has 0 radical (unpaired) electrons. The van der Waals surface area contributed by atoms with Gasteiger partial charge in [-0.1, -0.05) is 142 Å². The Hall–Kier alpha value is -3.76. The highest BCUT2D eigenvalue weighted by atomic mass is 31.2. The molecule has 1 amide bonds. The molecule has 0 aromatic heterocycles. The minimum Gasteiger partial charge on any atom is -0.480 e. The number of nitrogens with zero attached hydrogens (tertiary/aromatic N) is 3. The zero-order chi connectivity index (χ0) is 51.5. The number of hydrogen-bond donors (Lipinski definition) is 7. The molecule has 0 spiro atoms. The van der Waals surface area contributed by atoms with Gasteiger partial charge in [0.2, 0.25) is 5.91 Å². The van der Waals surface area contributed by atoms with Crippen molar-refractivity contribution < 1.29 is 82.0 Å². The van der Waals surface area contributed by atoms with Crippen molar-refractivity contribution in [1.82, 2.24) is 26.2 Å². The fourth-order valence-corrected chi connectivity index (χ4v) is 8.09. The van der Waals surface area contributed by atoms with Crippen LogP contribution in [0.5, 0.6) is 0 Å². The predicted molar refractivity (Wildman–Crippen MR) is 263 cm³/mol. The lowest BCUT2D eigenvalue weighted by Crippen LogP contribution is -2.46. The highest BCUT2D eigenvalue weighted by Crippen LogP contribution is 2.43. The largest absolute Gasteiger partial charge is 0.480 e. The molecule has 9 N–H and O–H groups in total. The van der Waals surface area contributed by atoms with Gasteiger partial charge in [0.25, 0.3) is 0 Å². The van der Waals surface area contributed by atoms with Crippen molar-refractivity contribution in [3.8, 4) is 0 Å². The monoisotopic (exact) mass is 1030 g/mol. The summed E-state index contributed by atoms with van der Waals surface area (Å²) in [6.45, 7) is -0.700. The fourth-order valence-electron chi connectivity index (χ4n) is 7.34. The van der Waals surface area contributed by atoms with Crippen LogP contribution in [0.15, 0.2) is 0 Å². The second kappa shape index (κ2) is 45.1. The van der Waals surface area contributed by atoms with Crippen LogP contribution in [0.2, 0.25) is 0 Å². The van der Waals surface area contributed by atoms with Crippen LogP contribution in [0, 0.1) is 0 Å². The van der Waals surface area contributed by atoms with E-state index in [-0.39, 0.29) is 51.7 Å². The molecule has 0 aliphatic carbocycles. The van der Waals surface area contributed by atoms with Crippen molar-refractivity contribution in [2.75, 3.05) is 85.3 Å². The van der Waals surface area contributed by atoms with Crippen molar-refractivity contribution in [2.45, 2.75) is 174 Å². The third-order valence-corrected chi connectivity index (χ3v) is 12.1. The minimum absolute atomic E-state index is 0. The maximum atomic E-state index is 12.8. The Balaban J connectivity index is 0. The lowest BCUT2D eigenvalue weighted by atomic mass is 10.1. The van der Waals surface area contributed by atoms with E-state index in [9.17, 15) is 53.2 Å². The number of carboxylic acids is 4. The van der Waals surface area contributed by atoms with Gasteiger partial charge in [-0.3, -0.25) is 57.3 Å². The third-order valence-electron chi connectivity index (χ3n) is 11.1. The zero-order valence-electron chi connectivity index (χ0n) is 42.4. The summed E-state index contributed by atoms with van der Waals surface area (Å²) in [5, 5.41) is 39.4. The summed E-state index contributed by atoms with van der Waals surface area (Å²) in [6, 6.07) is 0. The first-order valence-corrected chi connectivity index (χ1v) is 26.7. The third kappa shape index (κ3) is 45.4. The van der Waals surface area contributed by atoms with E-state index >= 15 is 0 Å². The number of phosphoric ester groups is 1. The molecule has 22 nitrogen and oxygen atoms in total. The second-order valence-corrected chi connectivity index (χ2v) is 19.0. The van der Waals surface area contributed by atoms with Crippen LogP contribution in [0.25, 0.3) is 0 Å². The molecule has 0 bridgehead atoms. The van der Waals surface area contributed by atoms with E-state index in [1.807, 2.05) is 0 Å². The lowest BCUT2D eigenvalue weighted by Gasteiger charge is -2.27. The molecule has 2 unspecified atom stereocenters. The maximum Gasteiger partial charge on any atom is 0.472 e. The number of nitrogens with one attached hydrogen (secondary N) is 1. The van der Waals surface area contributed by atoms with Crippen LogP contribution in [0.3, 0.4) is 0 Å². The molecule has 70 heavy (non-hydrogen) atoms. The van der Waals surface area contributed by atoms with E-state index < -0.39 is 108 Å². The smallest absolute Gasteiger partial charge is 0.472 e. The number of esters is 2. The lowest BCUT2D eigenvalue weighted by molar-refractivity contribution is -0.161. The first kappa shape index (κ1) is 68.3. The van der Waals surface area contributed by atoms with Crippen LogP contribution >= 0.6 is 7.82 Å². The Morgan fingerprint density at radius 2 is 0.843 bits per heavy atom. The Morgan fingerprint density at radius 1 is 0.486 bits per heavy atom. The second-order valence-electron chi connectivity index (χ2n) is 17.6. The summed E-state index contributed by atoms with van der Waals surface area (Å²) >= 11 is 0. The van der Waals surface area contributed by atoms with E-state index in [4.69, 9.17) is 28.7 Å². The van der Waals surface area contributed by atoms with Crippen LogP contribution < -0.4 is 11.5 Å². The van der Waals surface area contributed by atoms with Gasteiger partial charge in [-0.2, -0.15) is 0 Å². The first-order valence-electron chi connectivity index (χ1n) is 25.2. The Bertz CT molecular complexity index is 1460. The Kier molecular flexibility index (Phi) is 44.0. The van der Waals surface area contributed by atoms with E-state index in [2.05, 4.69) is 19.2 Å². The summed E-state index contributed by atoms with van der Waals surface area (Å²) in [7, 11) is -4.79. The summed E-state index contributed by atoms with van der Waals surface area (Å²) in [4.78, 5) is 97.4. The standard InChI is InChI=1S/C47H87N4O17P.H3N/c1-3-5-7-9-11-13-15-17-19-21-23-25-46(61)65-38-40(68-47(62)26-24-22-20-18-16-14-12-10-8-6-4-2)39-67-69(63,64)66-32-27-48-41(52)33-50(35-43(55)56)30-28-49(34-42(53)54)29-31-51(36-44(57)58)37-45(59)60;/h40H,3-39H2,1-2H3,(H,48,52)(H,53,54)(H,55,56)(H,57,58)(H,59,60)(H,63,64);1H3. The van der Waals surface area contributed by atoms with Gasteiger partial charge in [0.15, 0.2) is 6.10 Å². The molecular weight excluding hydrogens is 938 g/mol. The molecule has 0 heterocycles. The quantitative estimate of drug-likeness (QED) is 0.0194. The van der Waals surface area contributed by atoms with Gasteiger partial charge in [-0.25, -0.2) is 4.57 Å². The molecule has 0 aliphatic rings. The van der Waals surface area contributed by atoms with Crippen molar-refractivity contribution >= 4 is 49.5 Å². The van der Waals surface area contributed by atoms with Gasteiger partial charge >= 0.3 is 43.6 Å². The number of carboxylic acid groups (broad SMARTS) is 4. The summed E-state index contributed by atoms with van der Waals surface area (Å²) in [6.07, 6.45) is 23.6. The number of carbonyl (C=O) groups excluding carboxylic acids is 3. The summed E-state index contributed by atoms with van der Waals surface area (Å²) < 4.78 is 33.8. The molecule has 0 aromatic carbocycles. The highest BCUT2D eigenvalue weighted by Gasteiger charge is 2.27. The van der Waals surface area contributed by atoms with Gasteiger partial charge in [0.1, 0.15) is 6.61 Å². The molecule has 410 valence electrons. The van der Waals surface area contributed by atoms with E-state index in [1.165, 1.54) is 93.3 Å². The average molecular weight is 1030 g/mol. The average Bonchev–Trinajstić information content (AvgIpc) is 3.27. The van der Waals surface area contributed by atoms with Crippen LogP contribution in [-0.4, -0.2) is 173 Å². The minimum atomic E-state index is -4.79. The topological polar surface area (TPSA) is 331 Å². The van der Waals surface area contributed by atoms with E-state index in [0.29, 0.717) is 12.8 Å². The zero-order valence-corrected chi connectivity index (χ0v) is 43.3. The summed E-state index contributed by atoms with van der Waals surface area (Å²) in [5.41, 5.74) is 0. The Labute approximate surface area is 416 Å². The van der Waals surface area contributed by atoms with E-state index in [0.717, 1.165) is 49.8 Å². The number of unbranched alkanes of at least 4 members (excludes halogenated alkanes) is 20. The molecule has 0 aliphatic heterocycles. The van der Waals surface area contributed by atoms with Gasteiger partial charge < -0.3 is 46.3 Å². The summed E-state index contributed by atoms with van der Waals surface area (Å²) in [5.74, 6) is -6.86. The van der Waals surface area contributed by atoms with Gasteiger partial charge in [-0.15, -0.1) is 0 Å². The van der Waals surface area contributed by atoms with E-state index in [1.54, 1.807) is 0 Å². The normalized spacial score (nSPS) is 12.6. The number of ether oxygens (including phenoxy) is 2. The van der Waals surface area contributed by atoms with Crippen LogP contribution in [-0.2, 0) is 56.6 Å². The van der Waals surface area contributed by atoms with Crippen molar-refractivity contribution in [2.24, 2.45) is 0 Å². The number of hydrogen-bond acceptors (Lipinski definition) is 16. The number of phosphoric acid groups is 1. The van der Waals surface area contributed by atoms with Gasteiger partial charge in [0, 0.05) is 45.6 Å². The predicted octanol–water partition coefficient (Wildman–Crippen LogP) is 6.50. The maximum absolute atomic E-state index is 12.8. The SMILES string of the molecule is CCCCCCCCCCCCCC(=O)OCC(COP(=O)(O)OCCNC(=O)CN(CCN(CCN(CC(=O)O)CC(=O)O)CC(=O)O)CC(=O)O)OC(=O)CCCCCCCCCCCCC.N. The van der Waals surface area contributed by atoms with Gasteiger partial charge in [-0.05, 0) is 12.8 Å². The molecule has 0 aromatic rings. The fraction of sp³-hybridized carbons (Fsp3) is 0.851. The molecule has 0 rings (SSSR count). The molecule has 0 fully saturated rings. The van der Waals surface area contributed by atoms with Crippen molar-refractivity contribution in [3.63, 3.8) is 0 Å². The highest BCUT2D eigenvalue weighted by molar-refractivity contribution is 7.47. The number of carbonyl (C=O) groups is 7. The van der Waals surface area contributed by atoms with Crippen LogP contribution in [0.4, 0.5) is 0 Å². The van der Waals surface area contributed by atoms with Gasteiger partial charge in [0.05, 0.1) is 45.9 Å². The number of rotatable bonds is 50. The molecule has 2 atom stereocenters. The molecule has 0 saturated carbocycles. The molecule has 23 heteroatoms. The Morgan fingerprint density at radius 3 is 1.26 bits per heavy atom.